The highest BCUT2D eigenvalue weighted by molar-refractivity contribution is 6.30. The number of phenolic OH excluding ortho intramolecular Hbond substituents is 1. The molecule has 0 unspecified atom stereocenters. The van der Waals surface area contributed by atoms with Crippen LogP contribution in [0.4, 0.5) is 0 Å². The second kappa shape index (κ2) is 4.42. The van der Waals surface area contributed by atoms with E-state index in [1.807, 2.05) is 0 Å². The van der Waals surface area contributed by atoms with Crippen LogP contribution in [0.25, 0.3) is 0 Å². The number of carbonyl (C=O) groups is 1. The van der Waals surface area contributed by atoms with Gasteiger partial charge >= 0.3 is 0 Å². The summed E-state index contributed by atoms with van der Waals surface area (Å²) >= 11 is 5.68. The van der Waals surface area contributed by atoms with Gasteiger partial charge in [0.05, 0.1) is 5.56 Å². The van der Waals surface area contributed by atoms with Crippen molar-refractivity contribution in [2.45, 2.75) is 6.54 Å². The first-order chi connectivity index (χ1) is 8.06. The van der Waals surface area contributed by atoms with Crippen LogP contribution < -0.4 is 10.5 Å². The summed E-state index contributed by atoms with van der Waals surface area (Å²) < 4.78 is 2.60. The number of hydrogen-bond donors (Lipinski definition) is 2. The van der Waals surface area contributed by atoms with Gasteiger partial charge in [-0.1, -0.05) is 11.6 Å². The molecule has 0 spiro atoms. The van der Waals surface area contributed by atoms with Crippen LogP contribution in [-0.4, -0.2) is 20.7 Å². The highest BCUT2D eigenvalue weighted by Crippen LogP contribution is 2.22. The maximum Gasteiger partial charge on any atom is 0.286 e. The van der Waals surface area contributed by atoms with E-state index in [9.17, 15) is 9.90 Å². The number of carbonyl (C=O) groups excluding carboxylic acids is 1. The topological polar surface area (TPSA) is 85.0 Å². The fraction of sp³-hybridized carbons (Fsp3) is 0.100. The van der Waals surface area contributed by atoms with Gasteiger partial charge < -0.3 is 5.11 Å². The number of nitrogen functional groups attached to an aromatic ring is 1. The third-order valence-electron chi connectivity index (χ3n) is 2.17. The number of nitrogens with two attached hydrogens (primary N) is 1. The van der Waals surface area contributed by atoms with Crippen molar-refractivity contribution in [2.24, 2.45) is 0 Å². The van der Waals surface area contributed by atoms with Gasteiger partial charge in [0.15, 0.2) is 6.54 Å². The highest BCUT2D eigenvalue weighted by atomic mass is 35.5. The van der Waals surface area contributed by atoms with Gasteiger partial charge in [-0.05, 0) is 18.2 Å². The summed E-state index contributed by atoms with van der Waals surface area (Å²) in [6, 6.07) is 4.34. The Bertz CT molecular complexity index is 567. The first-order valence-corrected chi connectivity index (χ1v) is 5.14. The number of aromatic nitrogens is 3. The number of benzene rings is 1. The van der Waals surface area contributed by atoms with Gasteiger partial charge in [0.25, 0.3) is 6.33 Å². The number of hydrogen-bond acceptors (Lipinski definition) is 4. The van der Waals surface area contributed by atoms with Crippen molar-refractivity contribution in [3.05, 3.63) is 41.4 Å². The molecule has 0 fully saturated rings. The summed E-state index contributed by atoms with van der Waals surface area (Å²) in [5, 5.41) is 13.8. The lowest BCUT2D eigenvalue weighted by atomic mass is 10.1. The molecule has 0 saturated heterocycles. The number of halogens is 1. The maximum absolute atomic E-state index is 11.8. The molecular weight excluding hydrogens is 244 g/mol. The molecule has 1 heterocycles. The standard InChI is InChI=1S/C10H9ClN4O2/c11-7-1-2-8(9(16)3-7)10(17)4-15-6-14(12)5-13-15/h1-3,5-6H,4,12H2/p+1. The lowest BCUT2D eigenvalue weighted by molar-refractivity contribution is -0.639. The Morgan fingerprint density at radius 2 is 2.35 bits per heavy atom. The summed E-state index contributed by atoms with van der Waals surface area (Å²) in [6.45, 7) is -0.000603. The molecule has 0 aliphatic rings. The molecule has 2 rings (SSSR count). The van der Waals surface area contributed by atoms with E-state index >= 15 is 0 Å². The first-order valence-electron chi connectivity index (χ1n) is 4.77. The fourth-order valence-electron chi connectivity index (χ4n) is 1.39. The van der Waals surface area contributed by atoms with Crippen molar-refractivity contribution in [3.63, 3.8) is 0 Å². The molecule has 7 heteroatoms. The van der Waals surface area contributed by atoms with E-state index in [2.05, 4.69) is 5.10 Å². The van der Waals surface area contributed by atoms with Crippen LogP contribution in [0.3, 0.4) is 0 Å². The first kappa shape index (κ1) is 11.4. The van der Waals surface area contributed by atoms with Gasteiger partial charge in [-0.2, -0.15) is 0 Å². The van der Waals surface area contributed by atoms with Crippen molar-refractivity contribution < 1.29 is 14.6 Å². The van der Waals surface area contributed by atoms with Crippen molar-refractivity contribution in [2.75, 3.05) is 5.84 Å². The minimum absolute atomic E-state index is 0.000603. The van der Waals surface area contributed by atoms with Crippen LogP contribution in [0.2, 0.25) is 5.02 Å². The van der Waals surface area contributed by atoms with Crippen LogP contribution >= 0.6 is 11.6 Å². The third-order valence-corrected chi connectivity index (χ3v) is 2.40. The molecule has 0 bridgehead atoms. The Labute approximate surface area is 102 Å². The van der Waals surface area contributed by atoms with E-state index in [0.29, 0.717) is 5.02 Å². The molecule has 88 valence electrons. The SMILES string of the molecule is N[n+]1cnn(CC(=O)c2ccc(Cl)cc2O)c1. The number of ketones is 1. The Kier molecular flexibility index (Phi) is 2.97. The molecule has 2 aromatic rings. The van der Waals surface area contributed by atoms with Crippen LogP contribution in [0.15, 0.2) is 30.9 Å². The third kappa shape index (κ3) is 2.54. The van der Waals surface area contributed by atoms with Gasteiger partial charge in [0, 0.05) is 10.1 Å². The smallest absolute Gasteiger partial charge is 0.286 e. The summed E-state index contributed by atoms with van der Waals surface area (Å²) in [4.78, 5) is 11.8. The molecule has 1 aromatic carbocycles. The Hall–Kier alpha value is -2.08. The van der Waals surface area contributed by atoms with Gasteiger partial charge in [0.2, 0.25) is 12.1 Å². The van der Waals surface area contributed by atoms with Crippen molar-refractivity contribution in [3.8, 4) is 5.75 Å². The van der Waals surface area contributed by atoms with E-state index in [4.69, 9.17) is 17.4 Å². The zero-order valence-corrected chi connectivity index (χ0v) is 9.50. The summed E-state index contributed by atoms with van der Waals surface area (Å²) in [5.74, 6) is 4.98. The number of aromatic hydroxyl groups is 1. The summed E-state index contributed by atoms with van der Waals surface area (Å²) in [5.41, 5.74) is 0.202. The van der Waals surface area contributed by atoms with Crippen LogP contribution in [0.5, 0.6) is 5.75 Å². The lowest BCUT2D eigenvalue weighted by Crippen LogP contribution is -2.42. The van der Waals surface area contributed by atoms with E-state index in [1.54, 1.807) is 6.07 Å². The van der Waals surface area contributed by atoms with E-state index < -0.39 is 0 Å². The molecule has 1 aromatic heterocycles. The molecule has 0 aliphatic carbocycles. The van der Waals surface area contributed by atoms with Crippen LogP contribution in [0, 0.1) is 0 Å². The van der Waals surface area contributed by atoms with E-state index in [-0.39, 0.29) is 23.6 Å². The molecule has 0 saturated carbocycles. The monoisotopic (exact) mass is 253 g/mol. The zero-order chi connectivity index (χ0) is 12.4. The Morgan fingerprint density at radius 3 is 2.94 bits per heavy atom. The highest BCUT2D eigenvalue weighted by Gasteiger charge is 2.15. The van der Waals surface area contributed by atoms with Crippen molar-refractivity contribution in [1.29, 1.82) is 0 Å². The largest absolute Gasteiger partial charge is 0.507 e. The number of rotatable bonds is 3. The molecule has 17 heavy (non-hydrogen) atoms. The number of Topliss-reactive ketones (excluding diaryl/α,β-unsaturated/α-hetero) is 1. The van der Waals surface area contributed by atoms with Gasteiger partial charge in [-0.25, -0.2) is 0 Å². The van der Waals surface area contributed by atoms with E-state index in [1.165, 1.54) is 34.1 Å². The molecule has 0 amide bonds. The quantitative estimate of drug-likeness (QED) is 0.462. The summed E-state index contributed by atoms with van der Waals surface area (Å²) in [6.07, 6.45) is 2.83. The Morgan fingerprint density at radius 1 is 1.59 bits per heavy atom. The minimum atomic E-state index is -0.275. The predicted octanol–water partition coefficient (Wildman–Crippen LogP) is 0.126. The molecule has 0 atom stereocenters. The normalized spacial score (nSPS) is 10.4. The average Bonchev–Trinajstić information content (AvgIpc) is 2.63. The second-order valence-corrected chi connectivity index (χ2v) is 3.91. The van der Waals surface area contributed by atoms with E-state index in [0.717, 1.165) is 0 Å². The minimum Gasteiger partial charge on any atom is -0.507 e. The lowest BCUT2D eigenvalue weighted by Gasteiger charge is -2.01. The fourth-order valence-corrected chi connectivity index (χ4v) is 1.56. The van der Waals surface area contributed by atoms with Crippen molar-refractivity contribution >= 4 is 17.4 Å². The van der Waals surface area contributed by atoms with Crippen LogP contribution in [0.1, 0.15) is 10.4 Å². The number of nitrogens with zero attached hydrogens (tertiary/aromatic N) is 3. The van der Waals surface area contributed by atoms with Gasteiger partial charge in [0.1, 0.15) is 5.75 Å². The number of phenols is 1. The van der Waals surface area contributed by atoms with Gasteiger partial charge in [-0.3, -0.25) is 10.6 Å². The second-order valence-electron chi connectivity index (χ2n) is 3.48. The molecule has 3 N–H and O–H groups in total. The Balaban J connectivity index is 2.20. The zero-order valence-electron chi connectivity index (χ0n) is 8.75. The predicted molar refractivity (Wildman–Crippen MR) is 60.0 cm³/mol. The van der Waals surface area contributed by atoms with Gasteiger partial charge in [-0.15, -0.1) is 9.36 Å². The molecule has 6 nitrogen and oxygen atoms in total. The maximum atomic E-state index is 11.8. The molecular formula is C10H10ClN4O2+. The van der Waals surface area contributed by atoms with Crippen LogP contribution in [-0.2, 0) is 6.54 Å². The molecule has 0 radical (unpaired) electrons. The molecule has 0 aliphatic heterocycles. The van der Waals surface area contributed by atoms with Crippen molar-refractivity contribution in [1.82, 2.24) is 9.78 Å². The summed E-state index contributed by atoms with van der Waals surface area (Å²) in [7, 11) is 0. The average molecular weight is 254 g/mol.